The Hall–Kier alpha value is -0.980. The fraction of sp³-hybridized carbons (Fsp3) is 0.588. The molecule has 3 N–H and O–H groups in total. The van der Waals surface area contributed by atoms with Crippen molar-refractivity contribution in [3.05, 3.63) is 29.3 Å². The van der Waals surface area contributed by atoms with Crippen molar-refractivity contribution in [2.75, 3.05) is 0 Å². The molecule has 1 saturated carbocycles. The molecule has 1 aliphatic carbocycles. The number of rotatable bonds is 5. The zero-order valence-corrected chi connectivity index (χ0v) is 16.1. The molecule has 5 heteroatoms. The smallest absolute Gasteiger partial charge is 0.189 e. The molecule has 1 aliphatic rings. The Labute approximate surface area is 150 Å². The summed E-state index contributed by atoms with van der Waals surface area (Å²) >= 11 is 0. The van der Waals surface area contributed by atoms with Crippen molar-refractivity contribution in [3.8, 4) is 5.75 Å². The topological polar surface area (TPSA) is 59.6 Å². The van der Waals surface area contributed by atoms with Gasteiger partial charge in [0.15, 0.2) is 5.96 Å². The minimum atomic E-state index is 0. The third-order valence-electron chi connectivity index (χ3n) is 3.67. The van der Waals surface area contributed by atoms with Gasteiger partial charge >= 0.3 is 0 Å². The van der Waals surface area contributed by atoms with Gasteiger partial charge in [-0.2, -0.15) is 0 Å². The molecule has 0 amide bonds. The van der Waals surface area contributed by atoms with Gasteiger partial charge in [0.2, 0.25) is 0 Å². The van der Waals surface area contributed by atoms with Crippen LogP contribution in [0.1, 0.15) is 50.7 Å². The molecule has 0 saturated heterocycles. The molecule has 0 atom stereocenters. The minimum absolute atomic E-state index is 0. The van der Waals surface area contributed by atoms with Crippen LogP contribution in [0.2, 0.25) is 0 Å². The van der Waals surface area contributed by atoms with E-state index in [0.29, 0.717) is 24.7 Å². The van der Waals surface area contributed by atoms with Crippen LogP contribution in [-0.4, -0.2) is 18.1 Å². The molecule has 0 aromatic heterocycles. The highest BCUT2D eigenvalue weighted by Crippen LogP contribution is 2.28. The van der Waals surface area contributed by atoms with E-state index in [4.69, 9.17) is 10.5 Å². The number of nitrogens with zero attached hydrogens (tertiary/aromatic N) is 1. The monoisotopic (exact) mass is 417 g/mol. The van der Waals surface area contributed by atoms with Gasteiger partial charge in [-0.15, -0.1) is 24.0 Å². The molecular formula is C17H28IN3O. The Morgan fingerprint density at radius 2 is 2.05 bits per heavy atom. The summed E-state index contributed by atoms with van der Waals surface area (Å²) in [7, 11) is 0. The van der Waals surface area contributed by atoms with Gasteiger partial charge < -0.3 is 15.8 Å². The molecule has 2 rings (SSSR count). The first-order valence-electron chi connectivity index (χ1n) is 7.87. The summed E-state index contributed by atoms with van der Waals surface area (Å²) in [6.45, 7) is 6.73. The van der Waals surface area contributed by atoms with E-state index in [1.807, 2.05) is 13.8 Å². The van der Waals surface area contributed by atoms with Gasteiger partial charge in [0.25, 0.3) is 0 Å². The van der Waals surface area contributed by atoms with E-state index in [9.17, 15) is 0 Å². The molecule has 0 spiro atoms. The van der Waals surface area contributed by atoms with E-state index in [-0.39, 0.29) is 24.0 Å². The maximum atomic E-state index is 6.17. The van der Waals surface area contributed by atoms with Crippen molar-refractivity contribution in [2.24, 2.45) is 10.7 Å². The van der Waals surface area contributed by atoms with Crippen molar-refractivity contribution in [1.82, 2.24) is 5.32 Å². The number of halogens is 1. The summed E-state index contributed by atoms with van der Waals surface area (Å²) < 4.78 is 6.17. The Morgan fingerprint density at radius 3 is 2.68 bits per heavy atom. The number of guanidine groups is 1. The summed E-state index contributed by atoms with van der Waals surface area (Å²) in [5.41, 5.74) is 8.17. The van der Waals surface area contributed by atoms with Crippen LogP contribution < -0.4 is 15.8 Å². The van der Waals surface area contributed by atoms with Crippen LogP contribution in [0.15, 0.2) is 23.2 Å². The van der Waals surface area contributed by atoms with Crippen LogP contribution in [-0.2, 0) is 6.54 Å². The largest absolute Gasteiger partial charge is 0.490 e. The highest BCUT2D eigenvalue weighted by Gasteiger charge is 2.18. The SMILES string of the molecule is Cc1ccc(CN=C(N)NC(C)C)c(OC2CCCC2)c1.I. The summed E-state index contributed by atoms with van der Waals surface area (Å²) in [5.74, 6) is 1.44. The summed E-state index contributed by atoms with van der Waals surface area (Å²) in [4.78, 5) is 4.40. The number of aryl methyl sites for hydroxylation is 1. The number of nitrogens with two attached hydrogens (primary N) is 1. The summed E-state index contributed by atoms with van der Waals surface area (Å²) in [6, 6.07) is 6.58. The first kappa shape index (κ1) is 19.1. The zero-order valence-electron chi connectivity index (χ0n) is 13.8. The molecule has 0 bridgehead atoms. The lowest BCUT2D eigenvalue weighted by Gasteiger charge is -2.17. The van der Waals surface area contributed by atoms with Gasteiger partial charge in [0.1, 0.15) is 5.75 Å². The van der Waals surface area contributed by atoms with Gasteiger partial charge in [-0.1, -0.05) is 12.1 Å². The first-order chi connectivity index (χ1) is 10.0. The molecule has 1 fully saturated rings. The predicted molar refractivity (Wildman–Crippen MR) is 103 cm³/mol. The second-order valence-electron chi connectivity index (χ2n) is 6.14. The third kappa shape index (κ3) is 6.02. The van der Waals surface area contributed by atoms with Crippen LogP contribution in [0.5, 0.6) is 5.75 Å². The maximum absolute atomic E-state index is 6.17. The van der Waals surface area contributed by atoms with E-state index in [1.165, 1.54) is 18.4 Å². The number of hydrogen-bond acceptors (Lipinski definition) is 2. The van der Waals surface area contributed by atoms with Crippen LogP contribution in [0.3, 0.4) is 0 Å². The molecule has 0 unspecified atom stereocenters. The van der Waals surface area contributed by atoms with E-state index in [2.05, 4.69) is 35.4 Å². The minimum Gasteiger partial charge on any atom is -0.490 e. The highest BCUT2D eigenvalue weighted by molar-refractivity contribution is 14.0. The third-order valence-corrected chi connectivity index (χ3v) is 3.67. The number of aliphatic imine (C=N–C) groups is 1. The van der Waals surface area contributed by atoms with Crippen molar-refractivity contribution < 1.29 is 4.74 Å². The number of nitrogens with one attached hydrogen (secondary N) is 1. The number of benzene rings is 1. The van der Waals surface area contributed by atoms with E-state index in [1.54, 1.807) is 0 Å². The predicted octanol–water partition coefficient (Wildman–Crippen LogP) is 3.75. The van der Waals surface area contributed by atoms with Crippen molar-refractivity contribution >= 4 is 29.9 Å². The van der Waals surface area contributed by atoms with Gasteiger partial charge in [0, 0.05) is 11.6 Å². The van der Waals surface area contributed by atoms with Crippen molar-refractivity contribution in [1.29, 1.82) is 0 Å². The first-order valence-corrected chi connectivity index (χ1v) is 7.87. The maximum Gasteiger partial charge on any atom is 0.189 e. The van der Waals surface area contributed by atoms with Gasteiger partial charge in [-0.05, 0) is 58.1 Å². The lowest BCUT2D eigenvalue weighted by molar-refractivity contribution is 0.208. The molecular weight excluding hydrogens is 389 g/mol. The molecule has 1 aromatic rings. The summed E-state index contributed by atoms with van der Waals surface area (Å²) in [5, 5.41) is 3.10. The second kappa shape index (κ2) is 9.22. The molecule has 0 heterocycles. The quantitative estimate of drug-likeness (QED) is 0.436. The van der Waals surface area contributed by atoms with E-state index in [0.717, 1.165) is 24.2 Å². The molecule has 0 radical (unpaired) electrons. The van der Waals surface area contributed by atoms with Crippen LogP contribution in [0, 0.1) is 6.92 Å². The molecule has 124 valence electrons. The normalized spacial score (nSPS) is 15.7. The fourth-order valence-electron chi connectivity index (χ4n) is 2.60. The van der Waals surface area contributed by atoms with Gasteiger partial charge in [-0.25, -0.2) is 4.99 Å². The average Bonchev–Trinajstić information content (AvgIpc) is 2.90. The average molecular weight is 417 g/mol. The van der Waals surface area contributed by atoms with Crippen LogP contribution in [0.25, 0.3) is 0 Å². The lowest BCUT2D eigenvalue weighted by atomic mass is 10.1. The number of hydrogen-bond donors (Lipinski definition) is 2. The zero-order chi connectivity index (χ0) is 15.2. The standard InChI is InChI=1S/C17H27N3O.HI/c1-12(2)20-17(18)19-11-14-9-8-13(3)10-16(14)21-15-6-4-5-7-15;/h8-10,12,15H,4-7,11H2,1-3H3,(H3,18,19,20);1H. The fourth-order valence-corrected chi connectivity index (χ4v) is 2.60. The van der Waals surface area contributed by atoms with Crippen LogP contribution in [0.4, 0.5) is 0 Å². The Bertz CT molecular complexity index is 497. The molecule has 1 aromatic carbocycles. The molecule has 4 nitrogen and oxygen atoms in total. The molecule has 0 aliphatic heterocycles. The van der Waals surface area contributed by atoms with E-state index >= 15 is 0 Å². The summed E-state index contributed by atoms with van der Waals surface area (Å²) in [6.07, 6.45) is 5.23. The Morgan fingerprint density at radius 1 is 1.36 bits per heavy atom. The van der Waals surface area contributed by atoms with Crippen molar-refractivity contribution in [3.63, 3.8) is 0 Å². The highest BCUT2D eigenvalue weighted by atomic mass is 127. The molecule has 22 heavy (non-hydrogen) atoms. The van der Waals surface area contributed by atoms with Crippen LogP contribution >= 0.6 is 24.0 Å². The Balaban J connectivity index is 0.00000242. The van der Waals surface area contributed by atoms with Gasteiger partial charge in [0.05, 0.1) is 12.6 Å². The van der Waals surface area contributed by atoms with E-state index < -0.39 is 0 Å². The number of ether oxygens (including phenoxy) is 1. The Kier molecular flexibility index (Phi) is 8.00. The lowest BCUT2D eigenvalue weighted by Crippen LogP contribution is -2.36. The van der Waals surface area contributed by atoms with Crippen molar-refractivity contribution in [2.45, 2.75) is 65.1 Å². The second-order valence-corrected chi connectivity index (χ2v) is 6.14. The van der Waals surface area contributed by atoms with Gasteiger partial charge in [-0.3, -0.25) is 0 Å².